The average molecular weight is 744 g/mol. The second-order valence-electron chi connectivity index (χ2n) is 14.9. The van der Waals surface area contributed by atoms with Crippen LogP contribution in [0.25, 0.3) is 99.2 Å². The molecule has 0 aliphatic rings. The molecule has 4 heteroatoms. The zero-order chi connectivity index (χ0) is 38.2. The lowest BCUT2D eigenvalue weighted by Gasteiger charge is -2.25. The molecule has 0 saturated heterocycles. The summed E-state index contributed by atoms with van der Waals surface area (Å²) in [5, 5.41) is 6.62. The first-order valence-corrected chi connectivity index (χ1v) is 19.6. The van der Waals surface area contributed by atoms with E-state index in [4.69, 9.17) is 13.3 Å². The van der Waals surface area contributed by atoms with Gasteiger partial charge in [0.25, 0.3) is 0 Å². The Balaban J connectivity index is 0.957. The van der Waals surface area contributed by atoms with Crippen LogP contribution in [0.15, 0.2) is 213 Å². The van der Waals surface area contributed by atoms with Gasteiger partial charge >= 0.3 is 0 Å². The number of hydrogen-bond acceptors (Lipinski definition) is 4. The molecule has 9 aromatic carbocycles. The summed E-state index contributed by atoms with van der Waals surface area (Å²) in [5.74, 6) is 0. The van der Waals surface area contributed by atoms with Crippen LogP contribution in [0.1, 0.15) is 0 Å². The van der Waals surface area contributed by atoms with Gasteiger partial charge in [-0.25, -0.2) is 0 Å². The van der Waals surface area contributed by atoms with Gasteiger partial charge in [-0.15, -0.1) is 0 Å². The predicted octanol–water partition coefficient (Wildman–Crippen LogP) is 15.9. The lowest BCUT2D eigenvalue weighted by atomic mass is 9.99. The zero-order valence-electron chi connectivity index (χ0n) is 31.2. The molecule has 272 valence electrons. The molecular weight excluding hydrogens is 711 g/mol. The summed E-state index contributed by atoms with van der Waals surface area (Å²) in [7, 11) is 0. The van der Waals surface area contributed by atoms with Crippen LogP contribution in [0.2, 0.25) is 0 Å². The maximum atomic E-state index is 6.94. The highest BCUT2D eigenvalue weighted by atomic mass is 16.3. The van der Waals surface area contributed by atoms with Crippen LogP contribution < -0.4 is 4.90 Å². The fraction of sp³-hybridized carbons (Fsp3) is 0. The van der Waals surface area contributed by atoms with E-state index in [0.29, 0.717) is 0 Å². The van der Waals surface area contributed by atoms with Gasteiger partial charge in [0.1, 0.15) is 27.9 Å². The topological polar surface area (TPSA) is 42.7 Å². The molecule has 0 saturated carbocycles. The summed E-state index contributed by atoms with van der Waals surface area (Å²) in [6.07, 6.45) is 0. The van der Waals surface area contributed by atoms with Crippen molar-refractivity contribution in [1.29, 1.82) is 0 Å². The summed E-state index contributed by atoms with van der Waals surface area (Å²) in [6.45, 7) is 0. The molecule has 58 heavy (non-hydrogen) atoms. The van der Waals surface area contributed by atoms with Crippen LogP contribution in [-0.2, 0) is 0 Å². The van der Waals surface area contributed by atoms with Crippen LogP contribution >= 0.6 is 0 Å². The van der Waals surface area contributed by atoms with Crippen LogP contribution in [0, 0.1) is 0 Å². The highest BCUT2D eigenvalue weighted by Crippen LogP contribution is 2.45. The molecule has 0 unspecified atom stereocenters. The van der Waals surface area contributed by atoms with Crippen molar-refractivity contribution in [2.45, 2.75) is 0 Å². The Morgan fingerprint density at radius 3 is 1.48 bits per heavy atom. The Morgan fingerprint density at radius 1 is 0.276 bits per heavy atom. The monoisotopic (exact) mass is 743 g/mol. The van der Waals surface area contributed by atoms with Gasteiger partial charge < -0.3 is 18.2 Å². The van der Waals surface area contributed by atoms with Gasteiger partial charge in [0.05, 0.1) is 11.4 Å². The van der Waals surface area contributed by atoms with E-state index in [2.05, 4.69) is 175 Å². The fourth-order valence-corrected chi connectivity index (χ4v) is 8.67. The number of nitrogens with zero attached hydrogens (tertiary/aromatic N) is 1. The molecule has 0 radical (unpaired) electrons. The normalized spacial score (nSPS) is 11.8. The van der Waals surface area contributed by atoms with Crippen LogP contribution in [0.4, 0.5) is 17.1 Å². The van der Waals surface area contributed by atoms with E-state index >= 15 is 0 Å². The van der Waals surface area contributed by atoms with Gasteiger partial charge in [0.15, 0.2) is 5.58 Å². The van der Waals surface area contributed by atoms with Gasteiger partial charge in [-0.2, -0.15) is 0 Å². The van der Waals surface area contributed by atoms with Crippen molar-refractivity contribution < 1.29 is 13.3 Å². The van der Waals surface area contributed by atoms with Gasteiger partial charge in [-0.3, -0.25) is 0 Å². The molecule has 4 nitrogen and oxygen atoms in total. The summed E-state index contributed by atoms with van der Waals surface area (Å²) in [4.78, 5) is 2.28. The smallest absolute Gasteiger partial charge is 0.159 e. The molecule has 0 aliphatic carbocycles. The van der Waals surface area contributed by atoms with Gasteiger partial charge in [-0.05, 0) is 82.4 Å². The highest BCUT2D eigenvalue weighted by molar-refractivity contribution is 6.14. The average Bonchev–Trinajstić information content (AvgIpc) is 3.98. The molecular formula is C54H33NO3. The second-order valence-corrected chi connectivity index (χ2v) is 14.9. The molecule has 3 aromatic heterocycles. The van der Waals surface area contributed by atoms with Gasteiger partial charge in [0, 0.05) is 49.6 Å². The summed E-state index contributed by atoms with van der Waals surface area (Å²) in [6, 6.07) is 70.2. The first kappa shape index (κ1) is 32.4. The SMILES string of the molecule is c1ccc(-c2cccc3c2oc2c(N(c4ccc(-c5ccc(-c6ccc7c(c6)oc6ccccc67)cc5)cc4)c4ccc5c(c4)oc4ccccc45)cccc23)cc1. The van der Waals surface area contributed by atoms with E-state index in [9.17, 15) is 0 Å². The molecule has 0 fully saturated rings. The van der Waals surface area contributed by atoms with Crippen molar-refractivity contribution in [2.75, 3.05) is 4.90 Å². The molecule has 0 N–H and O–H groups in total. The van der Waals surface area contributed by atoms with E-state index < -0.39 is 0 Å². The van der Waals surface area contributed by atoms with Crippen LogP contribution in [-0.4, -0.2) is 0 Å². The number of anilines is 3. The van der Waals surface area contributed by atoms with E-state index in [-0.39, 0.29) is 0 Å². The van der Waals surface area contributed by atoms with Gasteiger partial charge in [0.2, 0.25) is 0 Å². The minimum absolute atomic E-state index is 0.825. The first-order valence-electron chi connectivity index (χ1n) is 19.6. The van der Waals surface area contributed by atoms with E-state index in [1.807, 2.05) is 30.3 Å². The maximum Gasteiger partial charge on any atom is 0.159 e. The third kappa shape index (κ3) is 5.16. The molecule has 0 aliphatic heterocycles. The number of benzene rings is 9. The summed E-state index contributed by atoms with van der Waals surface area (Å²) >= 11 is 0. The largest absolute Gasteiger partial charge is 0.456 e. The maximum absolute atomic E-state index is 6.94. The van der Waals surface area contributed by atoms with E-state index in [1.54, 1.807) is 0 Å². The Morgan fingerprint density at radius 2 is 0.776 bits per heavy atom. The lowest BCUT2D eigenvalue weighted by Crippen LogP contribution is -2.10. The first-order chi connectivity index (χ1) is 28.7. The summed E-state index contributed by atoms with van der Waals surface area (Å²) in [5.41, 5.74) is 14.9. The number of fused-ring (bicyclic) bond motifs is 9. The Hall–Kier alpha value is -7.82. The standard InChI is InChI=1S/C54H33NO3/c1-2-10-37(11-3-1)41-14-8-15-46-47-16-9-17-48(54(47)58-53(41)46)55(40-29-31-45-43-13-5-7-19-50(43)57-52(45)33-40)39-27-24-35(25-28-39)34-20-22-36(23-21-34)38-26-30-44-42-12-4-6-18-49(42)56-51(44)32-38/h1-33H. The van der Waals surface area contributed by atoms with Crippen LogP contribution in [0.3, 0.4) is 0 Å². The van der Waals surface area contributed by atoms with Crippen molar-refractivity contribution in [1.82, 2.24) is 0 Å². The quantitative estimate of drug-likeness (QED) is 0.170. The number of furan rings is 3. The molecule has 0 bridgehead atoms. The van der Waals surface area contributed by atoms with Crippen molar-refractivity contribution in [3.05, 3.63) is 200 Å². The minimum Gasteiger partial charge on any atom is -0.456 e. The minimum atomic E-state index is 0.825. The van der Waals surface area contributed by atoms with Crippen molar-refractivity contribution in [3.63, 3.8) is 0 Å². The molecule has 3 heterocycles. The number of para-hydroxylation sites is 4. The molecule has 0 atom stereocenters. The predicted molar refractivity (Wildman–Crippen MR) is 239 cm³/mol. The molecule has 0 amide bonds. The Kier molecular flexibility index (Phi) is 7.20. The third-order valence-corrected chi connectivity index (χ3v) is 11.5. The Labute approximate surface area is 333 Å². The zero-order valence-corrected chi connectivity index (χ0v) is 31.2. The molecule has 0 spiro atoms. The Bertz CT molecular complexity index is 3500. The number of rotatable bonds is 6. The van der Waals surface area contributed by atoms with E-state index in [1.165, 1.54) is 0 Å². The fourth-order valence-electron chi connectivity index (χ4n) is 8.67. The third-order valence-electron chi connectivity index (χ3n) is 11.5. The highest BCUT2D eigenvalue weighted by Gasteiger charge is 2.22. The summed E-state index contributed by atoms with van der Waals surface area (Å²) < 4.78 is 19.5. The number of hydrogen-bond donors (Lipinski definition) is 0. The van der Waals surface area contributed by atoms with Crippen molar-refractivity contribution in [3.8, 4) is 33.4 Å². The van der Waals surface area contributed by atoms with Gasteiger partial charge in [-0.1, -0.05) is 140 Å². The molecule has 12 rings (SSSR count). The lowest BCUT2D eigenvalue weighted by molar-refractivity contribution is 0.668. The second kappa shape index (κ2) is 12.9. The molecule has 12 aromatic rings. The van der Waals surface area contributed by atoms with Crippen molar-refractivity contribution in [2.24, 2.45) is 0 Å². The van der Waals surface area contributed by atoms with Crippen LogP contribution in [0.5, 0.6) is 0 Å². The van der Waals surface area contributed by atoms with Crippen molar-refractivity contribution >= 4 is 82.9 Å². The van der Waals surface area contributed by atoms with E-state index in [0.717, 1.165) is 116 Å².